The highest BCUT2D eigenvalue weighted by atomic mass is 16.5. The van der Waals surface area contributed by atoms with E-state index in [1.54, 1.807) is 12.1 Å². The van der Waals surface area contributed by atoms with Gasteiger partial charge in [0.2, 0.25) is 11.8 Å². The Labute approximate surface area is 170 Å². The summed E-state index contributed by atoms with van der Waals surface area (Å²) in [6.45, 7) is 8.49. The molecule has 0 aromatic heterocycles. The van der Waals surface area contributed by atoms with Crippen LogP contribution in [-0.4, -0.2) is 45.6 Å². The normalized spacial score (nSPS) is 11.9. The van der Waals surface area contributed by atoms with Crippen molar-refractivity contribution in [2.75, 3.05) is 0 Å². The minimum Gasteiger partial charge on any atom is -0.480 e. The third-order valence-corrected chi connectivity index (χ3v) is 4.15. The number of ether oxygens (including phenoxy) is 1. The Morgan fingerprint density at radius 1 is 0.793 bits per heavy atom. The average Bonchev–Trinajstić information content (AvgIpc) is 2.59. The molecule has 3 amide bonds. The van der Waals surface area contributed by atoms with Crippen LogP contribution in [0.5, 0.6) is 0 Å². The highest BCUT2D eigenvalue weighted by Crippen LogP contribution is 2.12. The maximum absolute atomic E-state index is 12.6. The maximum Gasteiger partial charge on any atom is 0.408 e. The van der Waals surface area contributed by atoms with Gasteiger partial charge in [0.15, 0.2) is 0 Å². The van der Waals surface area contributed by atoms with Gasteiger partial charge in [-0.15, -0.1) is 0 Å². The van der Waals surface area contributed by atoms with Gasteiger partial charge in [-0.2, -0.15) is 0 Å². The summed E-state index contributed by atoms with van der Waals surface area (Å²) in [5, 5.41) is 16.5. The molecule has 1 aromatic carbocycles. The van der Waals surface area contributed by atoms with Gasteiger partial charge in [0, 0.05) is 0 Å². The molecule has 1 aromatic rings. The fourth-order valence-corrected chi connectivity index (χ4v) is 2.06. The number of hydrogen-bond acceptors (Lipinski definition) is 5. The number of hydrogen-bond donors (Lipinski definition) is 4. The molecule has 0 spiro atoms. The number of carbonyl (C=O) groups excluding carboxylic acids is 3. The van der Waals surface area contributed by atoms with Crippen LogP contribution in [-0.2, 0) is 25.7 Å². The summed E-state index contributed by atoms with van der Waals surface area (Å²) in [5.74, 6) is -2.53. The van der Waals surface area contributed by atoms with Gasteiger partial charge in [-0.1, -0.05) is 30.3 Å². The third-order valence-electron chi connectivity index (χ3n) is 4.15. The molecule has 9 nitrogen and oxygen atoms in total. The summed E-state index contributed by atoms with van der Waals surface area (Å²) in [6.07, 6.45) is -0.789. The predicted molar refractivity (Wildman–Crippen MR) is 106 cm³/mol. The minimum absolute atomic E-state index is 0.0442. The molecule has 0 aliphatic carbocycles. The molecule has 0 saturated heterocycles. The van der Waals surface area contributed by atoms with E-state index in [0.717, 1.165) is 5.56 Å². The number of aliphatic carboxylic acids is 1. The Kier molecular flexibility index (Phi) is 7.37. The monoisotopic (exact) mass is 407 g/mol. The first-order chi connectivity index (χ1) is 13.2. The van der Waals surface area contributed by atoms with Crippen molar-refractivity contribution in [3.8, 4) is 0 Å². The van der Waals surface area contributed by atoms with Crippen molar-refractivity contribution in [3.63, 3.8) is 0 Å². The first-order valence-corrected chi connectivity index (χ1v) is 9.05. The smallest absolute Gasteiger partial charge is 0.408 e. The van der Waals surface area contributed by atoms with Crippen LogP contribution in [0.4, 0.5) is 4.79 Å². The molecule has 0 radical (unpaired) electrons. The molecule has 29 heavy (non-hydrogen) atoms. The lowest BCUT2D eigenvalue weighted by Crippen LogP contribution is -2.65. The number of rotatable bonds is 8. The van der Waals surface area contributed by atoms with E-state index in [1.165, 1.54) is 41.5 Å². The highest BCUT2D eigenvalue weighted by Gasteiger charge is 2.40. The molecule has 160 valence electrons. The standard InChI is InChI=1S/C20H29N3O6/c1-18(2,14(24)22-20(5,6)16(26)27)21-15(25)19(3,4)23-17(28)29-12-13-10-8-7-9-11-13/h7-11H,12H2,1-6H3,(H,21,25)(H,22,24)(H,23,28)(H,26,27). The zero-order valence-corrected chi connectivity index (χ0v) is 17.6. The van der Waals surface area contributed by atoms with Crippen molar-refractivity contribution in [2.45, 2.75) is 64.8 Å². The highest BCUT2D eigenvalue weighted by molar-refractivity contribution is 5.97. The molecule has 0 saturated carbocycles. The van der Waals surface area contributed by atoms with Crippen molar-refractivity contribution in [1.29, 1.82) is 0 Å². The molecule has 4 N–H and O–H groups in total. The Morgan fingerprint density at radius 3 is 1.72 bits per heavy atom. The molecule has 9 heteroatoms. The van der Waals surface area contributed by atoms with Gasteiger partial charge < -0.3 is 25.8 Å². The van der Waals surface area contributed by atoms with Crippen LogP contribution in [0.1, 0.15) is 47.1 Å². The maximum atomic E-state index is 12.6. The van der Waals surface area contributed by atoms with E-state index in [4.69, 9.17) is 9.84 Å². The zero-order valence-electron chi connectivity index (χ0n) is 17.6. The first-order valence-electron chi connectivity index (χ1n) is 9.05. The van der Waals surface area contributed by atoms with Crippen LogP contribution >= 0.6 is 0 Å². The van der Waals surface area contributed by atoms with E-state index in [2.05, 4.69) is 16.0 Å². The summed E-state index contributed by atoms with van der Waals surface area (Å²) in [4.78, 5) is 48.3. The molecule has 0 unspecified atom stereocenters. The molecular formula is C20H29N3O6. The van der Waals surface area contributed by atoms with E-state index in [1.807, 2.05) is 18.2 Å². The van der Waals surface area contributed by atoms with Gasteiger partial charge in [-0.25, -0.2) is 9.59 Å². The van der Waals surface area contributed by atoms with Crippen LogP contribution < -0.4 is 16.0 Å². The second-order valence-electron chi connectivity index (χ2n) is 8.28. The summed E-state index contributed by atoms with van der Waals surface area (Å²) >= 11 is 0. The van der Waals surface area contributed by atoms with Gasteiger partial charge in [-0.3, -0.25) is 9.59 Å². The summed E-state index contributed by atoms with van der Waals surface area (Å²) in [7, 11) is 0. The van der Waals surface area contributed by atoms with Gasteiger partial charge in [-0.05, 0) is 47.1 Å². The number of carboxylic acid groups (broad SMARTS) is 1. The van der Waals surface area contributed by atoms with E-state index in [9.17, 15) is 19.2 Å². The Balaban J connectivity index is 2.68. The number of benzene rings is 1. The van der Waals surface area contributed by atoms with Crippen molar-refractivity contribution in [1.82, 2.24) is 16.0 Å². The zero-order chi connectivity index (χ0) is 22.5. The number of carboxylic acids is 1. The third kappa shape index (κ3) is 7.10. The van der Waals surface area contributed by atoms with Crippen LogP contribution in [0.25, 0.3) is 0 Å². The van der Waals surface area contributed by atoms with Crippen molar-refractivity contribution < 1.29 is 29.0 Å². The van der Waals surface area contributed by atoms with E-state index in [-0.39, 0.29) is 6.61 Å². The summed E-state index contributed by atoms with van der Waals surface area (Å²) < 4.78 is 5.11. The summed E-state index contributed by atoms with van der Waals surface area (Å²) in [5.41, 5.74) is -3.51. The summed E-state index contributed by atoms with van der Waals surface area (Å²) in [6, 6.07) is 9.06. The number of alkyl carbamates (subject to hydrolysis) is 1. The molecular weight excluding hydrogens is 378 g/mol. The van der Waals surface area contributed by atoms with Crippen LogP contribution in [0.15, 0.2) is 30.3 Å². The Bertz CT molecular complexity index is 772. The fourth-order valence-electron chi connectivity index (χ4n) is 2.06. The predicted octanol–water partition coefficient (Wildman–Crippen LogP) is 1.57. The molecule has 0 bridgehead atoms. The number of amides is 3. The minimum atomic E-state index is -1.51. The topological polar surface area (TPSA) is 134 Å². The van der Waals surface area contributed by atoms with E-state index in [0.29, 0.717) is 0 Å². The van der Waals surface area contributed by atoms with Crippen LogP contribution in [0.3, 0.4) is 0 Å². The van der Waals surface area contributed by atoms with Crippen molar-refractivity contribution >= 4 is 23.9 Å². The Morgan fingerprint density at radius 2 is 1.24 bits per heavy atom. The lowest BCUT2D eigenvalue weighted by molar-refractivity contribution is -0.147. The molecule has 0 aliphatic heterocycles. The SMILES string of the molecule is CC(C)(NC(=O)C(C)(C)NC(=O)C(C)(C)NC(=O)OCc1ccccc1)C(=O)O. The van der Waals surface area contributed by atoms with E-state index >= 15 is 0 Å². The molecule has 0 atom stereocenters. The molecule has 0 heterocycles. The number of carbonyl (C=O) groups is 4. The van der Waals surface area contributed by atoms with Gasteiger partial charge >= 0.3 is 12.1 Å². The van der Waals surface area contributed by atoms with Gasteiger partial charge in [0.05, 0.1) is 0 Å². The van der Waals surface area contributed by atoms with Gasteiger partial charge in [0.1, 0.15) is 23.2 Å². The molecule has 1 rings (SSSR count). The molecule has 0 aliphatic rings. The lowest BCUT2D eigenvalue weighted by Gasteiger charge is -2.33. The lowest BCUT2D eigenvalue weighted by atomic mass is 9.97. The van der Waals surface area contributed by atoms with Crippen molar-refractivity contribution in [3.05, 3.63) is 35.9 Å². The number of nitrogens with one attached hydrogen (secondary N) is 3. The first kappa shape index (κ1) is 23.9. The second kappa shape index (κ2) is 8.93. The fraction of sp³-hybridized carbons (Fsp3) is 0.500. The second-order valence-corrected chi connectivity index (χ2v) is 8.28. The largest absolute Gasteiger partial charge is 0.480 e. The Hall–Kier alpha value is -3.10. The molecule has 0 fully saturated rings. The van der Waals surface area contributed by atoms with Gasteiger partial charge in [0.25, 0.3) is 0 Å². The average molecular weight is 407 g/mol. The van der Waals surface area contributed by atoms with Crippen molar-refractivity contribution in [2.24, 2.45) is 0 Å². The van der Waals surface area contributed by atoms with Crippen LogP contribution in [0, 0.1) is 0 Å². The quantitative estimate of drug-likeness (QED) is 0.517. The van der Waals surface area contributed by atoms with E-state index < -0.39 is 40.5 Å². The van der Waals surface area contributed by atoms with Crippen LogP contribution in [0.2, 0.25) is 0 Å².